The van der Waals surface area contributed by atoms with Gasteiger partial charge in [0.25, 0.3) is 0 Å². The van der Waals surface area contributed by atoms with Crippen molar-refractivity contribution in [1.82, 2.24) is 4.90 Å². The third kappa shape index (κ3) is 3.46. The third-order valence-electron chi connectivity index (χ3n) is 5.09. The number of nitrogens with zero attached hydrogens (tertiary/aromatic N) is 1. The molecule has 3 heteroatoms. The maximum absolute atomic E-state index is 12.7. The van der Waals surface area contributed by atoms with Crippen LogP contribution in [-0.4, -0.2) is 29.4 Å². The first-order chi connectivity index (χ1) is 10.2. The quantitative estimate of drug-likeness (QED) is 0.925. The Morgan fingerprint density at radius 3 is 2.71 bits per heavy atom. The first-order valence-electron chi connectivity index (χ1n) is 8.34. The van der Waals surface area contributed by atoms with Crippen molar-refractivity contribution in [2.75, 3.05) is 6.54 Å². The van der Waals surface area contributed by atoms with E-state index < -0.39 is 0 Å². The lowest BCUT2D eigenvalue weighted by Crippen LogP contribution is -2.39. The van der Waals surface area contributed by atoms with Crippen molar-refractivity contribution in [2.45, 2.75) is 57.0 Å². The van der Waals surface area contributed by atoms with Crippen LogP contribution in [-0.2, 0) is 11.2 Å². The van der Waals surface area contributed by atoms with Crippen LogP contribution < -0.4 is 5.73 Å². The fraction of sp³-hybridized carbons (Fsp3) is 0.611. The number of benzene rings is 1. The summed E-state index contributed by atoms with van der Waals surface area (Å²) in [5.41, 5.74) is 7.33. The molecule has 1 amide bonds. The fourth-order valence-corrected chi connectivity index (χ4v) is 3.88. The Labute approximate surface area is 127 Å². The van der Waals surface area contributed by atoms with Gasteiger partial charge in [-0.05, 0) is 50.5 Å². The smallest absolute Gasteiger partial charge is 0.225 e. The molecule has 114 valence electrons. The number of nitrogens with two attached hydrogens (primary N) is 1. The standard InChI is InChI=1S/C18H26N2O/c19-16-10-9-15(13-16)18(21)20-12-4-7-17(20)11-8-14-5-2-1-3-6-14/h1-3,5-6,15-17H,4,7-13,19H2/t15-,16+,17+/m0/s1. The first-order valence-corrected chi connectivity index (χ1v) is 8.34. The van der Waals surface area contributed by atoms with Crippen LogP contribution in [0, 0.1) is 5.92 Å². The number of rotatable bonds is 4. The normalized spacial score (nSPS) is 29.0. The van der Waals surface area contributed by atoms with Gasteiger partial charge in [-0.25, -0.2) is 0 Å². The van der Waals surface area contributed by atoms with Crippen molar-refractivity contribution in [3.63, 3.8) is 0 Å². The molecular formula is C18H26N2O. The average molecular weight is 286 g/mol. The second kappa shape index (κ2) is 6.61. The van der Waals surface area contributed by atoms with Crippen LogP contribution in [0.3, 0.4) is 0 Å². The number of aryl methyl sites for hydroxylation is 1. The molecular weight excluding hydrogens is 260 g/mol. The van der Waals surface area contributed by atoms with E-state index in [2.05, 4.69) is 35.2 Å². The van der Waals surface area contributed by atoms with E-state index in [9.17, 15) is 4.79 Å². The third-order valence-corrected chi connectivity index (χ3v) is 5.09. The molecule has 2 aliphatic rings. The molecule has 1 aliphatic carbocycles. The minimum absolute atomic E-state index is 0.192. The van der Waals surface area contributed by atoms with Crippen molar-refractivity contribution in [1.29, 1.82) is 0 Å². The molecule has 2 fully saturated rings. The summed E-state index contributed by atoms with van der Waals surface area (Å²) in [4.78, 5) is 14.8. The molecule has 1 aromatic carbocycles. The predicted molar refractivity (Wildman–Crippen MR) is 84.8 cm³/mol. The van der Waals surface area contributed by atoms with E-state index in [0.717, 1.165) is 51.5 Å². The highest BCUT2D eigenvalue weighted by Crippen LogP contribution is 2.30. The van der Waals surface area contributed by atoms with Gasteiger partial charge in [-0.15, -0.1) is 0 Å². The minimum Gasteiger partial charge on any atom is -0.339 e. The summed E-state index contributed by atoms with van der Waals surface area (Å²) in [6, 6.07) is 11.3. The molecule has 0 aromatic heterocycles. The lowest BCUT2D eigenvalue weighted by Gasteiger charge is -2.27. The summed E-state index contributed by atoms with van der Waals surface area (Å²) >= 11 is 0. The van der Waals surface area contributed by atoms with Gasteiger partial charge in [0.1, 0.15) is 0 Å². The topological polar surface area (TPSA) is 46.3 Å². The summed E-state index contributed by atoms with van der Waals surface area (Å²) in [5, 5.41) is 0. The molecule has 21 heavy (non-hydrogen) atoms. The number of carbonyl (C=O) groups is 1. The van der Waals surface area contributed by atoms with Crippen molar-refractivity contribution in [3.8, 4) is 0 Å². The average Bonchev–Trinajstić information content (AvgIpc) is 3.14. The number of likely N-dealkylation sites (tertiary alicyclic amines) is 1. The Kier molecular flexibility index (Phi) is 4.59. The second-order valence-electron chi connectivity index (χ2n) is 6.62. The van der Waals surface area contributed by atoms with Gasteiger partial charge in [0, 0.05) is 24.5 Å². The van der Waals surface area contributed by atoms with Gasteiger partial charge in [-0.1, -0.05) is 30.3 Å². The van der Waals surface area contributed by atoms with E-state index >= 15 is 0 Å². The monoisotopic (exact) mass is 286 g/mol. The van der Waals surface area contributed by atoms with Gasteiger partial charge in [-0.2, -0.15) is 0 Å². The van der Waals surface area contributed by atoms with Crippen LogP contribution >= 0.6 is 0 Å². The summed E-state index contributed by atoms with van der Waals surface area (Å²) in [6.45, 7) is 0.948. The Hall–Kier alpha value is -1.35. The van der Waals surface area contributed by atoms with Gasteiger partial charge in [0.15, 0.2) is 0 Å². The Morgan fingerprint density at radius 1 is 1.19 bits per heavy atom. The molecule has 3 rings (SSSR count). The molecule has 0 bridgehead atoms. The number of carbonyl (C=O) groups excluding carboxylic acids is 1. The fourth-order valence-electron chi connectivity index (χ4n) is 3.88. The van der Waals surface area contributed by atoms with Crippen molar-refractivity contribution in [3.05, 3.63) is 35.9 Å². The first kappa shape index (κ1) is 14.6. The zero-order valence-electron chi connectivity index (χ0n) is 12.7. The molecule has 0 unspecified atom stereocenters. The highest BCUT2D eigenvalue weighted by Gasteiger charge is 2.35. The molecule has 1 saturated carbocycles. The van der Waals surface area contributed by atoms with Crippen molar-refractivity contribution in [2.24, 2.45) is 11.7 Å². The van der Waals surface area contributed by atoms with Gasteiger partial charge < -0.3 is 10.6 Å². The summed E-state index contributed by atoms with van der Waals surface area (Å²) in [7, 11) is 0. The van der Waals surface area contributed by atoms with Crippen molar-refractivity contribution < 1.29 is 4.79 Å². The summed E-state index contributed by atoms with van der Waals surface area (Å²) < 4.78 is 0. The van der Waals surface area contributed by atoms with E-state index in [4.69, 9.17) is 5.73 Å². The molecule has 1 aromatic rings. The predicted octanol–water partition coefficient (Wildman–Crippen LogP) is 2.74. The zero-order chi connectivity index (χ0) is 14.7. The highest BCUT2D eigenvalue weighted by atomic mass is 16.2. The van der Waals surface area contributed by atoms with E-state index in [-0.39, 0.29) is 12.0 Å². The largest absolute Gasteiger partial charge is 0.339 e. The van der Waals surface area contributed by atoms with Gasteiger partial charge in [-0.3, -0.25) is 4.79 Å². The molecule has 1 saturated heterocycles. The van der Waals surface area contributed by atoms with Crippen molar-refractivity contribution >= 4 is 5.91 Å². The number of hydrogen-bond donors (Lipinski definition) is 1. The van der Waals surface area contributed by atoms with E-state index in [1.54, 1.807) is 0 Å². The van der Waals surface area contributed by atoms with Crippen LogP contribution in [0.15, 0.2) is 30.3 Å². The maximum Gasteiger partial charge on any atom is 0.225 e. The highest BCUT2D eigenvalue weighted by molar-refractivity contribution is 5.79. The molecule has 1 aliphatic heterocycles. The second-order valence-corrected chi connectivity index (χ2v) is 6.62. The Morgan fingerprint density at radius 2 is 2.00 bits per heavy atom. The summed E-state index contributed by atoms with van der Waals surface area (Å²) in [6.07, 6.45) is 7.37. The van der Waals surface area contributed by atoms with E-state index in [0.29, 0.717) is 11.9 Å². The van der Waals surface area contributed by atoms with Crippen LogP contribution in [0.25, 0.3) is 0 Å². The Balaban J connectivity index is 1.56. The SMILES string of the molecule is N[C@@H]1CC[C@H](C(=O)N2CCC[C@@H]2CCc2ccccc2)C1. The number of amides is 1. The molecule has 1 heterocycles. The molecule has 3 atom stereocenters. The van der Waals surface area contributed by atoms with Crippen LogP contribution in [0.5, 0.6) is 0 Å². The van der Waals surface area contributed by atoms with E-state index in [1.165, 1.54) is 5.56 Å². The van der Waals surface area contributed by atoms with Gasteiger partial charge in [0.05, 0.1) is 0 Å². The molecule has 0 spiro atoms. The van der Waals surface area contributed by atoms with Gasteiger partial charge >= 0.3 is 0 Å². The van der Waals surface area contributed by atoms with Crippen LogP contribution in [0.1, 0.15) is 44.1 Å². The lowest BCUT2D eigenvalue weighted by atomic mass is 10.0. The van der Waals surface area contributed by atoms with Gasteiger partial charge in [0.2, 0.25) is 5.91 Å². The Bertz CT molecular complexity index is 473. The van der Waals surface area contributed by atoms with Crippen LogP contribution in [0.2, 0.25) is 0 Å². The van der Waals surface area contributed by atoms with Crippen LogP contribution in [0.4, 0.5) is 0 Å². The maximum atomic E-state index is 12.7. The number of hydrogen-bond acceptors (Lipinski definition) is 2. The summed E-state index contributed by atoms with van der Waals surface area (Å²) in [5.74, 6) is 0.566. The molecule has 0 radical (unpaired) electrons. The zero-order valence-corrected chi connectivity index (χ0v) is 12.7. The molecule has 3 nitrogen and oxygen atoms in total. The lowest BCUT2D eigenvalue weighted by molar-refractivity contribution is -0.136. The molecule has 2 N–H and O–H groups in total. The van der Waals surface area contributed by atoms with E-state index in [1.807, 2.05) is 0 Å². The minimum atomic E-state index is 0.192.